The van der Waals surface area contributed by atoms with Crippen LogP contribution in [0.3, 0.4) is 0 Å². The highest BCUT2D eigenvalue weighted by Crippen LogP contribution is 2.24. The van der Waals surface area contributed by atoms with Crippen LogP contribution in [0.1, 0.15) is 35.4 Å². The summed E-state index contributed by atoms with van der Waals surface area (Å²) in [6, 6.07) is 11.4. The van der Waals surface area contributed by atoms with Gasteiger partial charge in [-0.1, -0.05) is 24.4 Å². The third-order valence-electron chi connectivity index (χ3n) is 5.06. The maximum atomic E-state index is 12.5. The molecule has 2 heterocycles. The topological polar surface area (TPSA) is 82.4 Å². The summed E-state index contributed by atoms with van der Waals surface area (Å²) in [5.41, 5.74) is 1.02. The largest absolute Gasteiger partial charge is 0.497 e. The zero-order chi connectivity index (χ0) is 23.6. The van der Waals surface area contributed by atoms with Gasteiger partial charge in [-0.3, -0.25) is 4.79 Å². The van der Waals surface area contributed by atoms with E-state index in [1.165, 1.54) is 0 Å². The highest BCUT2D eigenvalue weighted by Gasteiger charge is 2.15. The van der Waals surface area contributed by atoms with Crippen LogP contribution >= 0.6 is 12.2 Å². The Balaban J connectivity index is 1.47. The van der Waals surface area contributed by atoms with Gasteiger partial charge in [0.15, 0.2) is 11.6 Å². The summed E-state index contributed by atoms with van der Waals surface area (Å²) in [6.07, 6.45) is 5.10. The summed E-state index contributed by atoms with van der Waals surface area (Å²) >= 11 is 5.18. The molecule has 3 aromatic rings. The number of carbonyl (C=O) groups is 1. The normalized spacial score (nSPS) is 11.6. The summed E-state index contributed by atoms with van der Waals surface area (Å²) in [7, 11) is 5.47. The van der Waals surface area contributed by atoms with E-state index in [1.807, 2.05) is 55.4 Å². The van der Waals surface area contributed by atoms with Crippen LogP contribution in [-0.2, 0) is 6.54 Å². The Morgan fingerprint density at radius 3 is 2.85 bits per heavy atom. The summed E-state index contributed by atoms with van der Waals surface area (Å²) in [4.78, 5) is 23.0. The number of carbonyl (C=O) groups excluding carboxylic acids is 1. The van der Waals surface area contributed by atoms with Gasteiger partial charge in [-0.25, -0.2) is 14.6 Å². The first-order chi connectivity index (χ1) is 16.0. The van der Waals surface area contributed by atoms with Gasteiger partial charge in [0.2, 0.25) is 11.6 Å². The van der Waals surface area contributed by atoms with Gasteiger partial charge in [0.1, 0.15) is 12.1 Å². The number of methoxy groups -OCH3 is 1. The smallest absolute Gasteiger partial charge is 0.217 e. The van der Waals surface area contributed by atoms with E-state index in [1.54, 1.807) is 29.7 Å². The second-order valence-electron chi connectivity index (χ2n) is 7.86. The van der Waals surface area contributed by atoms with Crippen molar-refractivity contribution < 1.29 is 14.3 Å². The van der Waals surface area contributed by atoms with Gasteiger partial charge in [-0.05, 0) is 48.0 Å². The number of anilines is 1. The minimum atomic E-state index is -0.0782. The molecule has 0 saturated heterocycles. The number of pyridine rings is 1. The zero-order valence-corrected chi connectivity index (χ0v) is 20.0. The van der Waals surface area contributed by atoms with Crippen molar-refractivity contribution in [2.45, 2.75) is 25.8 Å². The number of benzene rings is 1. The minimum absolute atomic E-state index is 0.0570. The molecular weight excluding hydrogens is 438 g/mol. The van der Waals surface area contributed by atoms with Crippen LogP contribution in [0.15, 0.2) is 48.9 Å². The van der Waals surface area contributed by atoms with Crippen molar-refractivity contribution in [2.24, 2.45) is 5.92 Å². The molecule has 0 fully saturated rings. The predicted octanol–water partition coefficient (Wildman–Crippen LogP) is 3.84. The lowest BCUT2D eigenvalue weighted by Crippen LogP contribution is -2.17. The Hall–Kier alpha value is -3.33. The minimum Gasteiger partial charge on any atom is -0.497 e. The van der Waals surface area contributed by atoms with Gasteiger partial charge in [0.05, 0.1) is 20.3 Å². The molecule has 0 unspecified atom stereocenters. The van der Waals surface area contributed by atoms with Crippen molar-refractivity contribution in [1.29, 1.82) is 0 Å². The zero-order valence-electron chi connectivity index (χ0n) is 19.2. The first kappa shape index (κ1) is 24.3. The average molecular weight is 468 g/mol. The molecule has 0 aliphatic carbocycles. The lowest BCUT2D eigenvalue weighted by atomic mass is 10.0. The maximum absolute atomic E-state index is 12.5. The van der Waals surface area contributed by atoms with Gasteiger partial charge < -0.3 is 14.4 Å². The number of aromatic nitrogens is 4. The van der Waals surface area contributed by atoms with Crippen molar-refractivity contribution in [3.05, 3.63) is 60.3 Å². The Morgan fingerprint density at radius 1 is 1.24 bits per heavy atom. The Kier molecular flexibility index (Phi) is 8.88. The summed E-state index contributed by atoms with van der Waals surface area (Å²) in [6.45, 7) is 0.961. The number of ketones is 1. The fraction of sp³-hybridized carbons (Fsp3) is 0.375. The van der Waals surface area contributed by atoms with Crippen LogP contribution in [0.5, 0.6) is 11.5 Å². The fourth-order valence-electron chi connectivity index (χ4n) is 3.31. The van der Waals surface area contributed by atoms with Crippen LogP contribution in [-0.4, -0.2) is 58.7 Å². The molecule has 0 radical (unpaired) electrons. The van der Waals surface area contributed by atoms with Gasteiger partial charge >= 0.3 is 0 Å². The van der Waals surface area contributed by atoms with Crippen LogP contribution in [0.2, 0.25) is 0 Å². The molecular formula is C24H29N5O3S. The second kappa shape index (κ2) is 12.1. The number of thiocarbonyl (C=S) groups is 1. The van der Waals surface area contributed by atoms with Gasteiger partial charge in [-0.15, -0.1) is 5.10 Å². The number of Topliss-reactive ketones (excluding diaryl/α,β-unsaturated/α-hetero) is 1. The number of hydrogen-bond donors (Lipinski definition) is 0. The van der Waals surface area contributed by atoms with Crippen molar-refractivity contribution in [1.82, 2.24) is 19.7 Å². The van der Waals surface area contributed by atoms with Crippen LogP contribution in [0.25, 0.3) is 0 Å². The summed E-state index contributed by atoms with van der Waals surface area (Å²) in [5.74, 6) is 2.48. The van der Waals surface area contributed by atoms with E-state index < -0.39 is 0 Å². The number of rotatable bonds is 13. The van der Waals surface area contributed by atoms with Crippen molar-refractivity contribution >= 4 is 29.2 Å². The molecule has 174 valence electrons. The second-order valence-corrected chi connectivity index (χ2v) is 8.13. The van der Waals surface area contributed by atoms with Gasteiger partial charge in [0, 0.05) is 32.6 Å². The quantitative estimate of drug-likeness (QED) is 0.277. The van der Waals surface area contributed by atoms with E-state index in [0.29, 0.717) is 31.7 Å². The van der Waals surface area contributed by atoms with E-state index in [-0.39, 0.29) is 17.5 Å². The first-order valence-corrected chi connectivity index (χ1v) is 11.2. The molecule has 0 saturated carbocycles. The van der Waals surface area contributed by atoms with Gasteiger partial charge in [0.25, 0.3) is 0 Å². The summed E-state index contributed by atoms with van der Waals surface area (Å²) < 4.78 is 12.8. The molecule has 0 amide bonds. The van der Waals surface area contributed by atoms with Crippen LogP contribution < -0.4 is 14.4 Å². The predicted molar refractivity (Wildman–Crippen MR) is 132 cm³/mol. The molecule has 0 aliphatic rings. The van der Waals surface area contributed by atoms with Crippen LogP contribution in [0.4, 0.5) is 5.82 Å². The number of ether oxygens (including phenoxy) is 2. The standard InChI is InChI=1S/C24H29N5O3S/c1-28(2)24-22(11-6-12-25-24)32-15-19(16-33)8-5-10-21(30)23-26-17-29(27-23)14-18-7-4-9-20(13-18)31-3/h4,6-7,9,11-13,16-17,19H,5,8,10,14-15H2,1-3H3/t19-/m0/s1. The third-order valence-corrected chi connectivity index (χ3v) is 5.45. The number of nitrogens with zero attached hydrogens (tertiary/aromatic N) is 5. The summed E-state index contributed by atoms with van der Waals surface area (Å²) in [5, 5.41) is 6.04. The van der Waals surface area contributed by atoms with Crippen molar-refractivity contribution in [3.8, 4) is 11.5 Å². The molecule has 3 rings (SSSR count). The molecule has 0 bridgehead atoms. The molecule has 33 heavy (non-hydrogen) atoms. The SMILES string of the molecule is COc1cccc(Cn2cnc(C(=O)CCC[C@H](C=S)COc3cccnc3N(C)C)n2)c1. The Bertz CT molecular complexity index is 1070. The van der Waals surface area contributed by atoms with Gasteiger partial charge in [-0.2, -0.15) is 0 Å². The highest BCUT2D eigenvalue weighted by molar-refractivity contribution is 7.79. The van der Waals surface area contributed by atoms with E-state index >= 15 is 0 Å². The van der Waals surface area contributed by atoms with E-state index in [0.717, 1.165) is 23.6 Å². The molecule has 0 N–H and O–H groups in total. The lowest BCUT2D eigenvalue weighted by molar-refractivity contribution is 0.0967. The molecule has 0 spiro atoms. The lowest BCUT2D eigenvalue weighted by Gasteiger charge is -2.18. The van der Waals surface area contributed by atoms with E-state index in [4.69, 9.17) is 21.7 Å². The van der Waals surface area contributed by atoms with Crippen molar-refractivity contribution in [2.75, 3.05) is 32.7 Å². The average Bonchev–Trinajstić information content (AvgIpc) is 3.30. The molecule has 2 aromatic heterocycles. The molecule has 1 aromatic carbocycles. The molecule has 1 atom stereocenters. The maximum Gasteiger partial charge on any atom is 0.217 e. The van der Waals surface area contributed by atoms with Crippen molar-refractivity contribution in [3.63, 3.8) is 0 Å². The fourth-order valence-corrected chi connectivity index (χ4v) is 3.53. The van der Waals surface area contributed by atoms with E-state index in [9.17, 15) is 4.79 Å². The molecule has 9 heteroatoms. The third kappa shape index (κ3) is 7.08. The monoisotopic (exact) mass is 467 g/mol. The van der Waals surface area contributed by atoms with E-state index in [2.05, 4.69) is 15.1 Å². The Morgan fingerprint density at radius 2 is 2.09 bits per heavy atom. The van der Waals surface area contributed by atoms with Crippen LogP contribution in [0, 0.1) is 5.92 Å². The Labute approximate surface area is 199 Å². The highest BCUT2D eigenvalue weighted by atomic mass is 32.1. The molecule has 0 aliphatic heterocycles. The molecule has 8 nitrogen and oxygen atoms in total. The first-order valence-electron chi connectivity index (χ1n) is 10.8. The number of hydrogen-bond acceptors (Lipinski definition) is 8.